The monoisotopic (exact) mass is 395 g/mol. The van der Waals surface area contributed by atoms with E-state index in [1.54, 1.807) is 25.5 Å². The molecule has 0 unspecified atom stereocenters. The third kappa shape index (κ3) is 3.54. The van der Waals surface area contributed by atoms with Crippen molar-refractivity contribution in [3.63, 3.8) is 0 Å². The van der Waals surface area contributed by atoms with Crippen LogP contribution >= 0.6 is 23.2 Å². The van der Waals surface area contributed by atoms with E-state index in [0.29, 0.717) is 10.0 Å². The molecular formula is C21H15Cl2N3O. The van der Waals surface area contributed by atoms with Crippen molar-refractivity contribution in [1.29, 1.82) is 0 Å². The molecule has 4 aromatic rings. The Kier molecular flexibility index (Phi) is 4.84. The molecule has 0 saturated heterocycles. The average Bonchev–Trinajstić information content (AvgIpc) is 3.06. The molecular weight excluding hydrogens is 381 g/mol. The van der Waals surface area contributed by atoms with E-state index in [0.717, 1.165) is 34.0 Å². The molecule has 0 spiro atoms. The van der Waals surface area contributed by atoms with Gasteiger partial charge in [-0.1, -0.05) is 35.3 Å². The molecule has 0 aliphatic heterocycles. The third-order valence-electron chi connectivity index (χ3n) is 4.16. The number of benzene rings is 2. The molecule has 27 heavy (non-hydrogen) atoms. The summed E-state index contributed by atoms with van der Waals surface area (Å²) in [4.78, 5) is 9.43. The number of hydrogen-bond acceptors (Lipinski definition) is 3. The lowest BCUT2D eigenvalue weighted by atomic mass is 10.1. The first kappa shape index (κ1) is 17.6. The number of pyridine rings is 1. The Morgan fingerprint density at radius 2 is 1.85 bits per heavy atom. The van der Waals surface area contributed by atoms with Crippen LogP contribution in [0.25, 0.3) is 16.9 Å². The summed E-state index contributed by atoms with van der Waals surface area (Å²) in [6, 6.07) is 18.9. The highest BCUT2D eigenvalue weighted by atomic mass is 35.5. The zero-order valence-corrected chi connectivity index (χ0v) is 15.9. The van der Waals surface area contributed by atoms with Gasteiger partial charge >= 0.3 is 0 Å². The zero-order chi connectivity index (χ0) is 18.8. The van der Waals surface area contributed by atoms with Crippen LogP contribution in [0.2, 0.25) is 10.0 Å². The van der Waals surface area contributed by atoms with E-state index >= 15 is 0 Å². The number of hydrogen-bond donors (Lipinski definition) is 0. The maximum Gasteiger partial charge on any atom is 0.165 e. The topological polar surface area (TPSA) is 38.9 Å². The van der Waals surface area contributed by atoms with E-state index < -0.39 is 0 Å². The Morgan fingerprint density at radius 1 is 1.04 bits per heavy atom. The van der Waals surface area contributed by atoms with Gasteiger partial charge in [-0.15, -0.1) is 0 Å². The standard InChI is InChI=1S/C21H15Cl2N3O/c1-27-17-9-6-14(7-10-17)20-21(26-11-3-2-4-19(26)25-20)24-13-15-5-8-16(22)12-18(15)23/h2-13H,1H3. The number of rotatable bonds is 4. The minimum atomic E-state index is 0.547. The van der Waals surface area contributed by atoms with Crippen LogP contribution in [0, 0.1) is 0 Å². The number of halogens is 2. The number of aliphatic imine (C=N–C) groups is 1. The minimum Gasteiger partial charge on any atom is -0.497 e. The van der Waals surface area contributed by atoms with Gasteiger partial charge < -0.3 is 4.74 Å². The first-order chi connectivity index (χ1) is 13.2. The molecule has 0 bridgehead atoms. The molecule has 2 aromatic heterocycles. The van der Waals surface area contributed by atoms with Crippen molar-refractivity contribution in [1.82, 2.24) is 9.38 Å². The van der Waals surface area contributed by atoms with Crippen molar-refractivity contribution < 1.29 is 4.74 Å². The molecule has 6 heteroatoms. The quantitative estimate of drug-likeness (QED) is 0.393. The first-order valence-corrected chi connectivity index (χ1v) is 9.02. The average molecular weight is 396 g/mol. The molecule has 2 aromatic carbocycles. The van der Waals surface area contributed by atoms with Crippen LogP contribution in [0.15, 0.2) is 71.9 Å². The number of nitrogens with zero attached hydrogens (tertiary/aromatic N) is 3. The van der Waals surface area contributed by atoms with Crippen LogP contribution in [0.1, 0.15) is 5.56 Å². The molecule has 0 radical (unpaired) electrons. The van der Waals surface area contributed by atoms with Gasteiger partial charge in [-0.25, -0.2) is 9.98 Å². The Hall–Kier alpha value is -2.82. The predicted molar refractivity (Wildman–Crippen MR) is 111 cm³/mol. The fourth-order valence-electron chi connectivity index (χ4n) is 2.79. The van der Waals surface area contributed by atoms with E-state index in [4.69, 9.17) is 37.9 Å². The van der Waals surface area contributed by atoms with Gasteiger partial charge in [0, 0.05) is 28.6 Å². The Morgan fingerprint density at radius 3 is 2.59 bits per heavy atom. The number of ether oxygens (including phenoxy) is 1. The molecule has 0 fully saturated rings. The normalized spacial score (nSPS) is 11.4. The second-order valence-corrected chi connectivity index (χ2v) is 6.71. The Bertz CT molecular complexity index is 1130. The van der Waals surface area contributed by atoms with Gasteiger partial charge in [0.2, 0.25) is 0 Å². The summed E-state index contributed by atoms with van der Waals surface area (Å²) in [5.74, 6) is 1.52. The predicted octanol–water partition coefficient (Wildman–Crippen LogP) is 6.07. The van der Waals surface area contributed by atoms with Gasteiger partial charge in [0.05, 0.1) is 12.1 Å². The van der Waals surface area contributed by atoms with Crippen LogP contribution in [0.3, 0.4) is 0 Å². The molecule has 4 rings (SSSR count). The summed E-state index contributed by atoms with van der Waals surface area (Å²) in [6.45, 7) is 0. The lowest BCUT2D eigenvalue weighted by molar-refractivity contribution is 0.415. The van der Waals surface area contributed by atoms with Gasteiger partial charge in [-0.3, -0.25) is 4.40 Å². The number of aromatic nitrogens is 2. The highest BCUT2D eigenvalue weighted by Gasteiger charge is 2.13. The summed E-state index contributed by atoms with van der Waals surface area (Å²) in [6.07, 6.45) is 3.66. The molecule has 0 aliphatic rings. The molecule has 134 valence electrons. The van der Waals surface area contributed by atoms with Crippen LogP contribution in [0.4, 0.5) is 5.82 Å². The van der Waals surface area contributed by atoms with E-state index in [1.165, 1.54) is 0 Å². The van der Waals surface area contributed by atoms with Crippen LogP contribution in [-0.4, -0.2) is 22.7 Å². The Balaban J connectivity index is 1.83. The van der Waals surface area contributed by atoms with Crippen molar-refractivity contribution in [2.75, 3.05) is 7.11 Å². The summed E-state index contributed by atoms with van der Waals surface area (Å²) in [7, 11) is 1.64. The molecule has 0 amide bonds. The van der Waals surface area contributed by atoms with Gasteiger partial charge in [-0.05, 0) is 48.5 Å². The third-order valence-corrected chi connectivity index (χ3v) is 4.72. The van der Waals surface area contributed by atoms with E-state index in [-0.39, 0.29) is 0 Å². The first-order valence-electron chi connectivity index (χ1n) is 8.26. The highest BCUT2D eigenvalue weighted by molar-refractivity contribution is 6.36. The van der Waals surface area contributed by atoms with Gasteiger partial charge in [0.15, 0.2) is 5.82 Å². The van der Waals surface area contributed by atoms with E-state index in [1.807, 2.05) is 59.1 Å². The molecule has 0 atom stereocenters. The zero-order valence-electron chi connectivity index (χ0n) is 14.4. The maximum absolute atomic E-state index is 6.27. The van der Waals surface area contributed by atoms with Crippen LogP contribution < -0.4 is 4.74 Å². The number of imidazole rings is 1. The van der Waals surface area contributed by atoms with Gasteiger partial charge in [0.25, 0.3) is 0 Å². The molecule has 0 saturated carbocycles. The fourth-order valence-corrected chi connectivity index (χ4v) is 3.24. The summed E-state index contributed by atoms with van der Waals surface area (Å²) < 4.78 is 7.19. The van der Waals surface area contributed by atoms with Gasteiger partial charge in [-0.2, -0.15) is 0 Å². The van der Waals surface area contributed by atoms with Crippen LogP contribution in [-0.2, 0) is 0 Å². The smallest absolute Gasteiger partial charge is 0.165 e. The lowest BCUT2D eigenvalue weighted by Gasteiger charge is -2.03. The summed E-state index contributed by atoms with van der Waals surface area (Å²) in [5, 5.41) is 1.14. The molecule has 0 aliphatic carbocycles. The lowest BCUT2D eigenvalue weighted by Crippen LogP contribution is -1.86. The molecule has 0 N–H and O–H groups in total. The second kappa shape index (κ2) is 7.43. The van der Waals surface area contributed by atoms with Crippen molar-refractivity contribution in [2.45, 2.75) is 0 Å². The van der Waals surface area contributed by atoms with Gasteiger partial charge in [0.1, 0.15) is 17.1 Å². The van der Waals surface area contributed by atoms with Crippen molar-refractivity contribution in [2.24, 2.45) is 4.99 Å². The van der Waals surface area contributed by atoms with Crippen LogP contribution in [0.5, 0.6) is 5.75 Å². The highest BCUT2D eigenvalue weighted by Crippen LogP contribution is 2.32. The van der Waals surface area contributed by atoms with Crippen molar-refractivity contribution in [3.8, 4) is 17.0 Å². The van der Waals surface area contributed by atoms with Crippen molar-refractivity contribution >= 4 is 40.9 Å². The fraction of sp³-hybridized carbons (Fsp3) is 0.0476. The number of methoxy groups -OCH3 is 1. The molecule has 2 heterocycles. The minimum absolute atomic E-state index is 0.547. The largest absolute Gasteiger partial charge is 0.497 e. The SMILES string of the molecule is COc1ccc(-c2nc3ccccn3c2N=Cc2ccc(Cl)cc2Cl)cc1. The van der Waals surface area contributed by atoms with E-state index in [9.17, 15) is 0 Å². The maximum atomic E-state index is 6.27. The number of fused-ring (bicyclic) bond motifs is 1. The van der Waals surface area contributed by atoms with E-state index in [2.05, 4.69) is 0 Å². The summed E-state index contributed by atoms with van der Waals surface area (Å²) in [5.41, 5.74) is 3.34. The Labute approximate surface area is 166 Å². The molecule has 4 nitrogen and oxygen atoms in total. The summed E-state index contributed by atoms with van der Waals surface area (Å²) >= 11 is 12.2. The van der Waals surface area contributed by atoms with Crippen molar-refractivity contribution in [3.05, 3.63) is 82.5 Å². The second-order valence-electron chi connectivity index (χ2n) is 5.87.